The molecule has 0 aliphatic rings. The van der Waals surface area contributed by atoms with Gasteiger partial charge in [0.15, 0.2) is 6.29 Å². The molecule has 0 aromatic heterocycles. The maximum Gasteiger partial charge on any atom is 0.157 e. The summed E-state index contributed by atoms with van der Waals surface area (Å²) in [6.07, 6.45) is 1.26. The minimum atomic E-state index is -0.708. The first kappa shape index (κ1) is 15.5. The van der Waals surface area contributed by atoms with Gasteiger partial charge in [0.25, 0.3) is 0 Å². The molecule has 0 fully saturated rings. The van der Waals surface area contributed by atoms with E-state index in [0.717, 1.165) is 11.6 Å². The molecule has 110 valence electrons. The van der Waals surface area contributed by atoms with Crippen LogP contribution in [0.1, 0.15) is 10.4 Å². The molecule has 21 heavy (non-hydrogen) atoms. The Balaban J connectivity index is 2.54. The minimum Gasteiger partial charge on any atom is -0.496 e. The molecule has 1 atom stereocenters. The van der Waals surface area contributed by atoms with Crippen LogP contribution in [-0.2, 0) is 0 Å². The average Bonchev–Trinajstić information content (AvgIpc) is 2.55. The number of hydrogen-bond donors (Lipinski definition) is 1. The zero-order valence-electron chi connectivity index (χ0n) is 12.1. The monoisotopic (exact) mass is 303 g/mol. The van der Waals surface area contributed by atoms with E-state index in [-0.39, 0.29) is 0 Å². The number of carbonyl (C=O) groups is 1. The lowest BCUT2D eigenvalue weighted by atomic mass is 10.2. The molecule has 0 saturated carbocycles. The van der Waals surface area contributed by atoms with E-state index in [0.29, 0.717) is 23.3 Å². The highest BCUT2D eigenvalue weighted by atomic mass is 31.1. The van der Waals surface area contributed by atoms with Crippen LogP contribution in [0.15, 0.2) is 42.5 Å². The topological polar surface area (TPSA) is 61.6 Å². The van der Waals surface area contributed by atoms with Crippen LogP contribution in [0.25, 0.3) is 0 Å². The van der Waals surface area contributed by atoms with Crippen molar-refractivity contribution in [3.8, 4) is 11.5 Å². The fraction of sp³-hybridized carbons (Fsp3) is 0.188. The Morgan fingerprint density at radius 1 is 1.05 bits per heavy atom. The highest BCUT2D eigenvalue weighted by molar-refractivity contribution is 7.72. The third-order valence-electron chi connectivity index (χ3n) is 3.21. The lowest BCUT2D eigenvalue weighted by Crippen LogP contribution is -2.19. The van der Waals surface area contributed by atoms with Crippen molar-refractivity contribution in [2.24, 2.45) is 5.73 Å². The van der Waals surface area contributed by atoms with Crippen molar-refractivity contribution in [3.05, 3.63) is 48.0 Å². The van der Waals surface area contributed by atoms with Crippen LogP contribution >= 0.6 is 7.92 Å². The van der Waals surface area contributed by atoms with Crippen molar-refractivity contribution >= 4 is 24.8 Å². The predicted molar refractivity (Wildman–Crippen MR) is 86.6 cm³/mol. The maximum absolute atomic E-state index is 11.2. The number of rotatable bonds is 6. The van der Waals surface area contributed by atoms with Crippen LogP contribution in [0.5, 0.6) is 11.5 Å². The van der Waals surface area contributed by atoms with Crippen LogP contribution in [0.2, 0.25) is 0 Å². The lowest BCUT2D eigenvalue weighted by molar-refractivity contribution is 0.111. The first-order valence-electron chi connectivity index (χ1n) is 6.49. The highest BCUT2D eigenvalue weighted by Gasteiger charge is 2.18. The second kappa shape index (κ2) is 7.21. The van der Waals surface area contributed by atoms with Gasteiger partial charge in [-0.1, -0.05) is 30.3 Å². The number of hydrogen-bond acceptors (Lipinski definition) is 4. The Morgan fingerprint density at radius 2 is 1.62 bits per heavy atom. The lowest BCUT2D eigenvalue weighted by Gasteiger charge is -2.19. The summed E-state index contributed by atoms with van der Waals surface area (Å²) in [6, 6.07) is 13.8. The molecule has 0 aliphatic carbocycles. The molecule has 0 spiro atoms. The summed E-state index contributed by atoms with van der Waals surface area (Å²) in [4.78, 5) is 11.2. The number of nitrogens with two attached hydrogens (primary N) is 1. The van der Waals surface area contributed by atoms with E-state index < -0.39 is 7.92 Å². The largest absolute Gasteiger partial charge is 0.496 e. The number of ether oxygens (including phenoxy) is 2. The summed E-state index contributed by atoms with van der Waals surface area (Å²) in [6.45, 7) is 0. The Labute approximate surface area is 125 Å². The van der Waals surface area contributed by atoms with Gasteiger partial charge in [0.05, 0.1) is 19.8 Å². The second-order valence-electron chi connectivity index (χ2n) is 4.33. The van der Waals surface area contributed by atoms with Gasteiger partial charge in [-0.2, -0.15) is 0 Å². The molecular weight excluding hydrogens is 285 g/mol. The Bertz CT molecular complexity index is 591. The molecule has 2 aromatic rings. The first-order chi connectivity index (χ1) is 10.2. The Kier molecular flexibility index (Phi) is 5.32. The summed E-state index contributed by atoms with van der Waals surface area (Å²) in [7, 11) is 2.37. The standard InChI is InChI=1S/C16H18NO3P/c1-19-15-8-13(9-16(20-2)14(15)10-18)21(11-17)12-6-4-3-5-7-12/h3-10H,11,17H2,1-2H3. The molecule has 5 heteroatoms. The number of carbonyl (C=O) groups excluding carboxylic acids is 1. The van der Waals surface area contributed by atoms with E-state index in [2.05, 4.69) is 12.1 Å². The summed E-state index contributed by atoms with van der Waals surface area (Å²) >= 11 is 0. The molecule has 0 saturated heterocycles. The molecular formula is C16H18NO3P. The molecule has 2 aromatic carbocycles. The predicted octanol–water partition coefficient (Wildman–Crippen LogP) is 1.87. The van der Waals surface area contributed by atoms with Gasteiger partial charge in [0.2, 0.25) is 0 Å². The summed E-state index contributed by atoms with van der Waals surface area (Å²) in [5, 5.41) is 2.20. The molecule has 2 rings (SSSR count). The summed E-state index contributed by atoms with van der Waals surface area (Å²) in [5.74, 6) is 1.02. The van der Waals surface area contributed by atoms with Crippen LogP contribution in [0.3, 0.4) is 0 Å². The van der Waals surface area contributed by atoms with Gasteiger partial charge in [-0.05, 0) is 30.7 Å². The molecule has 2 N–H and O–H groups in total. The van der Waals surface area contributed by atoms with Crippen molar-refractivity contribution in [2.75, 3.05) is 20.5 Å². The van der Waals surface area contributed by atoms with Crippen LogP contribution in [0, 0.1) is 0 Å². The SMILES string of the molecule is COc1cc(P(CN)c2ccccc2)cc(OC)c1C=O. The molecule has 0 amide bonds. The van der Waals surface area contributed by atoms with Gasteiger partial charge in [0, 0.05) is 6.29 Å². The molecule has 0 radical (unpaired) electrons. The third-order valence-corrected chi connectivity index (χ3v) is 5.38. The highest BCUT2D eigenvalue weighted by Crippen LogP contribution is 2.36. The fourth-order valence-electron chi connectivity index (χ4n) is 2.16. The van der Waals surface area contributed by atoms with Crippen molar-refractivity contribution < 1.29 is 14.3 Å². The average molecular weight is 303 g/mol. The fourth-order valence-corrected chi connectivity index (χ4v) is 3.96. The second-order valence-corrected chi connectivity index (χ2v) is 6.58. The van der Waals surface area contributed by atoms with Gasteiger partial charge in [0.1, 0.15) is 11.5 Å². The number of methoxy groups -OCH3 is 2. The minimum absolute atomic E-state index is 0.420. The van der Waals surface area contributed by atoms with E-state index in [1.54, 1.807) is 14.2 Å². The molecule has 0 bridgehead atoms. The van der Waals surface area contributed by atoms with Crippen LogP contribution in [0.4, 0.5) is 0 Å². The van der Waals surface area contributed by atoms with E-state index in [1.165, 1.54) is 5.30 Å². The van der Waals surface area contributed by atoms with E-state index in [9.17, 15) is 4.79 Å². The maximum atomic E-state index is 11.2. The first-order valence-corrected chi connectivity index (χ1v) is 8.01. The van der Waals surface area contributed by atoms with Gasteiger partial charge in [-0.15, -0.1) is 0 Å². The van der Waals surface area contributed by atoms with Crippen LogP contribution < -0.4 is 25.8 Å². The smallest absolute Gasteiger partial charge is 0.157 e. The molecule has 4 nitrogen and oxygen atoms in total. The van der Waals surface area contributed by atoms with Crippen LogP contribution in [-0.4, -0.2) is 26.8 Å². The zero-order chi connectivity index (χ0) is 15.2. The summed E-state index contributed by atoms with van der Waals surface area (Å²) in [5.41, 5.74) is 6.39. The molecule has 0 heterocycles. The number of aldehydes is 1. The normalized spacial score (nSPS) is 11.8. The molecule has 1 unspecified atom stereocenters. The quantitative estimate of drug-likeness (QED) is 0.653. The van der Waals surface area contributed by atoms with Crippen molar-refractivity contribution in [1.29, 1.82) is 0 Å². The van der Waals surface area contributed by atoms with Crippen molar-refractivity contribution in [1.82, 2.24) is 0 Å². The third kappa shape index (κ3) is 3.23. The van der Waals surface area contributed by atoms with E-state index >= 15 is 0 Å². The summed E-state index contributed by atoms with van der Waals surface area (Å²) < 4.78 is 10.6. The number of benzene rings is 2. The Hall–Kier alpha value is -1.90. The van der Waals surface area contributed by atoms with E-state index in [4.69, 9.17) is 15.2 Å². The van der Waals surface area contributed by atoms with Gasteiger partial charge in [-0.25, -0.2) is 0 Å². The molecule has 0 aliphatic heterocycles. The zero-order valence-corrected chi connectivity index (χ0v) is 13.0. The van der Waals surface area contributed by atoms with Crippen molar-refractivity contribution in [2.45, 2.75) is 0 Å². The van der Waals surface area contributed by atoms with E-state index in [1.807, 2.05) is 30.3 Å². The van der Waals surface area contributed by atoms with Gasteiger partial charge in [-0.3, -0.25) is 4.79 Å². The Morgan fingerprint density at radius 3 is 2.05 bits per heavy atom. The van der Waals surface area contributed by atoms with Gasteiger partial charge >= 0.3 is 0 Å². The van der Waals surface area contributed by atoms with Crippen molar-refractivity contribution in [3.63, 3.8) is 0 Å². The van der Waals surface area contributed by atoms with Gasteiger partial charge < -0.3 is 15.2 Å².